The van der Waals surface area contributed by atoms with Crippen molar-refractivity contribution in [2.75, 3.05) is 41.3 Å². The van der Waals surface area contributed by atoms with E-state index in [1.165, 1.54) is 5.56 Å². The fourth-order valence-electron chi connectivity index (χ4n) is 3.87. The second-order valence-electron chi connectivity index (χ2n) is 8.76. The molecule has 0 saturated carbocycles. The van der Waals surface area contributed by atoms with Gasteiger partial charge in [0.25, 0.3) is 0 Å². The Kier molecular flexibility index (Phi) is 10.5. The number of aryl methyl sites for hydroxylation is 2. The first kappa shape index (κ1) is 27.0. The van der Waals surface area contributed by atoms with Gasteiger partial charge in [-0.25, -0.2) is 8.51 Å². The smallest absolute Gasteiger partial charge is 0.222 e. The average molecular weight is 474 g/mol. The van der Waals surface area contributed by atoms with Gasteiger partial charge in [0.05, 0.1) is 12.0 Å². The maximum Gasteiger partial charge on any atom is 0.222 e. The largest absolute Gasteiger partial charge is 0.497 e. The van der Waals surface area contributed by atoms with Crippen molar-refractivity contribution in [3.05, 3.63) is 58.7 Å². The van der Waals surface area contributed by atoms with E-state index in [0.29, 0.717) is 32.5 Å². The number of carbonyl (C=O) groups is 1. The number of rotatable bonds is 12. The van der Waals surface area contributed by atoms with Crippen LogP contribution < -0.4 is 4.74 Å². The lowest BCUT2D eigenvalue weighted by Crippen LogP contribution is -2.31. The maximum absolute atomic E-state index is 13.1. The zero-order chi connectivity index (χ0) is 24.5. The van der Waals surface area contributed by atoms with E-state index in [-0.39, 0.29) is 5.91 Å². The Bertz CT molecular complexity index is 921. The van der Waals surface area contributed by atoms with E-state index in [4.69, 9.17) is 4.74 Å². The molecular weight excluding hydrogens is 434 g/mol. The summed E-state index contributed by atoms with van der Waals surface area (Å²) in [6, 6.07) is 12.3. The highest BCUT2D eigenvalue weighted by Crippen LogP contribution is 2.25. The van der Waals surface area contributed by atoms with Crippen LogP contribution in [-0.4, -0.2) is 65.6 Å². The highest BCUT2D eigenvalue weighted by molar-refractivity contribution is 7.82. The SMILES string of the molecule is CCN(Cc1ccc(CN(C)C)cc1)C(=O)CCCN(C)S(=O)c1c(C)cc(OC)cc1C. The minimum atomic E-state index is -1.28. The van der Waals surface area contributed by atoms with Crippen LogP contribution >= 0.6 is 0 Å². The van der Waals surface area contributed by atoms with Crippen LogP contribution in [0.3, 0.4) is 0 Å². The van der Waals surface area contributed by atoms with Crippen LogP contribution in [-0.2, 0) is 28.9 Å². The molecule has 1 unspecified atom stereocenters. The molecule has 33 heavy (non-hydrogen) atoms. The highest BCUT2D eigenvalue weighted by atomic mass is 32.2. The van der Waals surface area contributed by atoms with Gasteiger partial charge in [-0.2, -0.15) is 0 Å². The third-order valence-corrected chi connectivity index (χ3v) is 7.36. The van der Waals surface area contributed by atoms with Crippen molar-refractivity contribution in [1.82, 2.24) is 14.1 Å². The average Bonchev–Trinajstić information content (AvgIpc) is 2.77. The van der Waals surface area contributed by atoms with Crippen LogP contribution in [0.25, 0.3) is 0 Å². The molecule has 6 nitrogen and oxygen atoms in total. The fraction of sp³-hybridized carbons (Fsp3) is 0.500. The van der Waals surface area contributed by atoms with E-state index >= 15 is 0 Å². The van der Waals surface area contributed by atoms with E-state index in [9.17, 15) is 9.00 Å². The first-order chi connectivity index (χ1) is 15.7. The van der Waals surface area contributed by atoms with E-state index in [0.717, 1.165) is 33.9 Å². The minimum Gasteiger partial charge on any atom is -0.497 e. The number of nitrogens with zero attached hydrogens (tertiary/aromatic N) is 3. The topological polar surface area (TPSA) is 53.1 Å². The van der Waals surface area contributed by atoms with E-state index in [2.05, 4.69) is 43.3 Å². The fourth-order valence-corrected chi connectivity index (χ4v) is 5.14. The molecule has 0 fully saturated rings. The normalized spacial score (nSPS) is 12.3. The summed E-state index contributed by atoms with van der Waals surface area (Å²) in [5.74, 6) is 0.900. The number of carbonyl (C=O) groups excluding carboxylic acids is 1. The van der Waals surface area contributed by atoms with Gasteiger partial charge in [0.15, 0.2) is 0 Å². The second-order valence-corrected chi connectivity index (χ2v) is 10.3. The van der Waals surface area contributed by atoms with Gasteiger partial charge in [0, 0.05) is 39.6 Å². The monoisotopic (exact) mass is 473 g/mol. The van der Waals surface area contributed by atoms with Gasteiger partial charge in [-0.15, -0.1) is 0 Å². The lowest BCUT2D eigenvalue weighted by molar-refractivity contribution is -0.131. The second kappa shape index (κ2) is 12.9. The molecule has 0 aliphatic heterocycles. The molecular formula is C26H39N3O3S. The van der Waals surface area contributed by atoms with Crippen molar-refractivity contribution in [2.45, 2.75) is 51.6 Å². The van der Waals surface area contributed by atoms with Crippen LogP contribution in [0.1, 0.15) is 42.0 Å². The summed E-state index contributed by atoms with van der Waals surface area (Å²) >= 11 is 0. The van der Waals surface area contributed by atoms with Gasteiger partial charge < -0.3 is 14.5 Å². The maximum atomic E-state index is 13.1. The first-order valence-electron chi connectivity index (χ1n) is 11.4. The summed E-state index contributed by atoms with van der Waals surface area (Å²) in [7, 11) is 6.31. The summed E-state index contributed by atoms with van der Waals surface area (Å²) in [4.78, 5) is 17.6. The van der Waals surface area contributed by atoms with E-state index in [1.54, 1.807) is 7.11 Å². The number of hydrogen-bond acceptors (Lipinski definition) is 4. The van der Waals surface area contributed by atoms with Crippen LogP contribution in [0.5, 0.6) is 5.75 Å². The molecule has 2 aromatic carbocycles. The Morgan fingerprint density at radius 1 is 0.970 bits per heavy atom. The van der Waals surface area contributed by atoms with Crippen molar-refractivity contribution in [2.24, 2.45) is 0 Å². The Morgan fingerprint density at radius 3 is 2.00 bits per heavy atom. The Labute approximate surface area is 202 Å². The molecule has 0 radical (unpaired) electrons. The molecule has 2 rings (SSSR count). The van der Waals surface area contributed by atoms with Gasteiger partial charge in [0.2, 0.25) is 5.91 Å². The molecule has 0 aliphatic carbocycles. The molecule has 1 amide bonds. The Balaban J connectivity index is 1.89. The van der Waals surface area contributed by atoms with E-state index in [1.807, 2.05) is 49.2 Å². The molecule has 182 valence electrons. The minimum absolute atomic E-state index is 0.130. The van der Waals surface area contributed by atoms with Crippen LogP contribution in [0.2, 0.25) is 0 Å². The first-order valence-corrected chi connectivity index (χ1v) is 12.6. The molecule has 1 atom stereocenters. The third kappa shape index (κ3) is 7.95. The van der Waals surface area contributed by atoms with Crippen molar-refractivity contribution in [1.29, 1.82) is 0 Å². The van der Waals surface area contributed by atoms with Crippen LogP contribution in [0.4, 0.5) is 0 Å². The number of amides is 1. The van der Waals surface area contributed by atoms with Gasteiger partial charge in [-0.1, -0.05) is 24.3 Å². The lowest BCUT2D eigenvalue weighted by Gasteiger charge is -2.23. The van der Waals surface area contributed by atoms with Crippen molar-refractivity contribution in [3.8, 4) is 5.75 Å². The molecule has 0 heterocycles. The van der Waals surface area contributed by atoms with E-state index < -0.39 is 11.0 Å². The number of methoxy groups -OCH3 is 1. The molecule has 0 aliphatic rings. The Hall–Kier alpha value is -2.22. The molecule has 0 aromatic heterocycles. The van der Waals surface area contributed by atoms with Gasteiger partial charge in [0.1, 0.15) is 16.7 Å². The lowest BCUT2D eigenvalue weighted by atomic mass is 10.1. The predicted octanol–water partition coefficient (Wildman–Crippen LogP) is 4.16. The zero-order valence-electron chi connectivity index (χ0n) is 21.2. The molecule has 0 N–H and O–H groups in total. The summed E-state index contributed by atoms with van der Waals surface area (Å²) in [6.07, 6.45) is 1.10. The standard InChI is InChI=1S/C26H39N3O3S/c1-8-29(19-23-13-11-22(12-14-23)18-27(4)5)25(30)10-9-15-28(6)33(31)26-20(2)16-24(32-7)17-21(26)3/h11-14,16-17H,8-10,15,18-19H2,1-7H3. The van der Waals surface area contributed by atoms with Gasteiger partial charge in [-0.05, 0) is 75.7 Å². The highest BCUT2D eigenvalue weighted by Gasteiger charge is 2.18. The quantitative estimate of drug-likeness (QED) is 0.465. The summed E-state index contributed by atoms with van der Waals surface area (Å²) < 4.78 is 20.2. The molecule has 0 saturated heterocycles. The molecule has 7 heteroatoms. The molecule has 2 aromatic rings. The number of benzene rings is 2. The Morgan fingerprint density at radius 2 is 1.52 bits per heavy atom. The number of hydrogen-bond donors (Lipinski definition) is 0. The summed E-state index contributed by atoms with van der Waals surface area (Å²) in [5, 5.41) is 0. The van der Waals surface area contributed by atoms with Crippen molar-refractivity contribution in [3.63, 3.8) is 0 Å². The summed E-state index contributed by atoms with van der Waals surface area (Å²) in [5.41, 5.74) is 4.29. The van der Waals surface area contributed by atoms with Crippen molar-refractivity contribution < 1.29 is 13.7 Å². The summed E-state index contributed by atoms with van der Waals surface area (Å²) in [6.45, 7) is 8.68. The molecule has 0 bridgehead atoms. The zero-order valence-corrected chi connectivity index (χ0v) is 22.0. The third-order valence-electron chi connectivity index (χ3n) is 5.62. The predicted molar refractivity (Wildman–Crippen MR) is 136 cm³/mol. The van der Waals surface area contributed by atoms with Crippen LogP contribution in [0, 0.1) is 13.8 Å². The number of ether oxygens (including phenoxy) is 1. The van der Waals surface area contributed by atoms with Gasteiger partial charge in [-0.3, -0.25) is 4.79 Å². The van der Waals surface area contributed by atoms with Crippen LogP contribution in [0.15, 0.2) is 41.3 Å². The molecule has 0 spiro atoms. The van der Waals surface area contributed by atoms with Crippen molar-refractivity contribution >= 4 is 16.9 Å². The van der Waals surface area contributed by atoms with Gasteiger partial charge >= 0.3 is 0 Å².